The molecule has 6 nitrogen and oxygen atoms in total. The van der Waals surface area contributed by atoms with Crippen LogP contribution in [-0.2, 0) is 10.0 Å². The van der Waals surface area contributed by atoms with E-state index in [0.29, 0.717) is 4.47 Å². The van der Waals surface area contributed by atoms with Crippen molar-refractivity contribution in [2.24, 2.45) is 0 Å². The predicted molar refractivity (Wildman–Crippen MR) is 62.9 cm³/mol. The number of hydrogen-bond donors (Lipinski definition) is 1. The van der Waals surface area contributed by atoms with Crippen LogP contribution in [0.15, 0.2) is 21.5 Å². The topological polar surface area (TPSA) is 84.8 Å². The summed E-state index contributed by atoms with van der Waals surface area (Å²) in [5, 5.41) is 2.50. The van der Waals surface area contributed by atoms with Crippen molar-refractivity contribution in [2.75, 3.05) is 5.75 Å². The number of halogens is 1. The molecule has 0 atom stereocenters. The van der Waals surface area contributed by atoms with E-state index in [1.807, 2.05) is 0 Å². The first-order chi connectivity index (χ1) is 7.45. The summed E-state index contributed by atoms with van der Waals surface area (Å²) in [5.74, 6) is -0.107. The molecule has 86 valence electrons. The van der Waals surface area contributed by atoms with Crippen molar-refractivity contribution < 1.29 is 8.42 Å². The van der Waals surface area contributed by atoms with Crippen LogP contribution in [0, 0.1) is 0 Å². The van der Waals surface area contributed by atoms with E-state index in [2.05, 4.69) is 26.0 Å². The zero-order valence-corrected chi connectivity index (χ0v) is 10.7. The van der Waals surface area contributed by atoms with Crippen molar-refractivity contribution in [1.29, 1.82) is 0 Å². The zero-order chi connectivity index (χ0) is 11.9. The van der Waals surface area contributed by atoms with Gasteiger partial charge in [-0.25, -0.2) is 18.5 Å². The number of H-pyrrole nitrogens is 1. The van der Waals surface area contributed by atoms with Crippen molar-refractivity contribution in [3.05, 3.63) is 27.1 Å². The Hall–Kier alpha value is -1.15. The van der Waals surface area contributed by atoms with Crippen LogP contribution in [0.4, 0.5) is 0 Å². The standard InChI is InChI=1S/C8H8BrN3O3S/c1-2-16(14,15)12-7-6(8(13)11-12)3-5(9)4-10-7/h3-4H,2H2,1H3,(H,11,13). The van der Waals surface area contributed by atoms with Gasteiger partial charge in [-0.3, -0.25) is 4.79 Å². The molecule has 0 amide bonds. The van der Waals surface area contributed by atoms with Crippen LogP contribution in [0.3, 0.4) is 0 Å². The van der Waals surface area contributed by atoms with E-state index in [0.717, 1.165) is 4.09 Å². The van der Waals surface area contributed by atoms with Crippen LogP contribution in [0.2, 0.25) is 0 Å². The van der Waals surface area contributed by atoms with Crippen LogP contribution in [-0.4, -0.2) is 28.3 Å². The SMILES string of the molecule is CCS(=O)(=O)n1[nH]c(=O)c2cc(Br)cnc21. The molecule has 0 aliphatic heterocycles. The lowest BCUT2D eigenvalue weighted by Crippen LogP contribution is -2.18. The first kappa shape index (κ1) is 11.3. The Morgan fingerprint density at radius 2 is 2.25 bits per heavy atom. The fourth-order valence-corrected chi connectivity index (χ4v) is 2.52. The number of fused-ring (bicyclic) bond motifs is 1. The maximum absolute atomic E-state index is 11.7. The average molecular weight is 306 g/mol. The van der Waals surface area contributed by atoms with Gasteiger partial charge in [0.2, 0.25) is 0 Å². The second kappa shape index (κ2) is 3.70. The molecule has 0 aliphatic carbocycles. The third-order valence-corrected chi connectivity index (χ3v) is 4.10. The molecule has 0 radical (unpaired) electrons. The number of pyridine rings is 1. The predicted octanol–water partition coefficient (Wildman–Crippen LogP) is 0.685. The second-order valence-corrected chi connectivity index (χ2v) is 6.15. The first-order valence-electron chi connectivity index (χ1n) is 4.45. The fourth-order valence-electron chi connectivity index (χ4n) is 1.30. The normalized spacial score (nSPS) is 12.1. The fraction of sp³-hybridized carbons (Fsp3) is 0.250. The zero-order valence-electron chi connectivity index (χ0n) is 8.27. The Morgan fingerprint density at radius 1 is 1.56 bits per heavy atom. The quantitative estimate of drug-likeness (QED) is 0.884. The summed E-state index contributed by atoms with van der Waals surface area (Å²) in [5.41, 5.74) is -0.351. The summed E-state index contributed by atoms with van der Waals surface area (Å²) in [6.45, 7) is 1.50. The summed E-state index contributed by atoms with van der Waals surface area (Å²) in [6, 6.07) is 1.53. The number of nitrogens with zero attached hydrogens (tertiary/aromatic N) is 2. The Balaban J connectivity index is 2.90. The van der Waals surface area contributed by atoms with Crippen LogP contribution in [0.1, 0.15) is 6.92 Å². The van der Waals surface area contributed by atoms with Gasteiger partial charge in [0.05, 0.1) is 11.1 Å². The lowest BCUT2D eigenvalue weighted by molar-refractivity contribution is 0.582. The maximum atomic E-state index is 11.7. The maximum Gasteiger partial charge on any atom is 0.274 e. The van der Waals surface area contributed by atoms with Gasteiger partial charge in [-0.2, -0.15) is 4.09 Å². The monoisotopic (exact) mass is 305 g/mol. The van der Waals surface area contributed by atoms with E-state index in [9.17, 15) is 13.2 Å². The van der Waals surface area contributed by atoms with E-state index in [-0.39, 0.29) is 16.8 Å². The molecule has 1 N–H and O–H groups in total. The number of rotatable bonds is 2. The lowest BCUT2D eigenvalue weighted by atomic mass is 10.4. The largest absolute Gasteiger partial charge is 0.274 e. The Labute approximate surface area is 99.5 Å². The van der Waals surface area contributed by atoms with Crippen LogP contribution >= 0.6 is 15.9 Å². The number of aromatic amines is 1. The summed E-state index contributed by atoms with van der Waals surface area (Å²) in [7, 11) is -3.53. The van der Waals surface area contributed by atoms with E-state index in [1.54, 1.807) is 0 Å². The minimum Gasteiger partial charge on any atom is -0.267 e. The molecule has 2 aromatic heterocycles. The van der Waals surface area contributed by atoms with Crippen LogP contribution in [0.25, 0.3) is 11.0 Å². The third-order valence-electron chi connectivity index (χ3n) is 2.12. The number of hydrogen-bond acceptors (Lipinski definition) is 4. The number of nitrogens with one attached hydrogen (secondary N) is 1. The molecule has 2 heterocycles. The Kier molecular flexibility index (Phi) is 2.62. The molecular formula is C8H8BrN3O3S. The van der Waals surface area contributed by atoms with Gasteiger partial charge in [-0.05, 0) is 28.9 Å². The summed E-state index contributed by atoms with van der Waals surface area (Å²) >= 11 is 3.17. The Bertz CT molecular complexity index is 701. The van der Waals surface area contributed by atoms with Crippen molar-refractivity contribution in [1.82, 2.24) is 14.2 Å². The molecule has 0 aromatic carbocycles. The number of aromatic nitrogens is 3. The molecule has 8 heteroatoms. The molecule has 2 rings (SSSR count). The van der Waals surface area contributed by atoms with Crippen LogP contribution in [0.5, 0.6) is 0 Å². The van der Waals surface area contributed by atoms with Crippen molar-refractivity contribution in [2.45, 2.75) is 6.92 Å². The molecule has 0 bridgehead atoms. The lowest BCUT2D eigenvalue weighted by Gasteiger charge is -2.01. The van der Waals surface area contributed by atoms with E-state index < -0.39 is 15.6 Å². The highest BCUT2D eigenvalue weighted by Crippen LogP contribution is 2.15. The smallest absolute Gasteiger partial charge is 0.267 e. The highest BCUT2D eigenvalue weighted by Gasteiger charge is 2.17. The molecule has 0 unspecified atom stereocenters. The van der Waals surface area contributed by atoms with Gasteiger partial charge < -0.3 is 0 Å². The minimum atomic E-state index is -3.53. The molecule has 16 heavy (non-hydrogen) atoms. The van der Waals surface area contributed by atoms with Crippen LogP contribution < -0.4 is 5.56 Å². The summed E-state index contributed by atoms with van der Waals surface area (Å²) in [6.07, 6.45) is 1.44. The molecule has 0 aliphatic rings. The van der Waals surface area contributed by atoms with Gasteiger partial charge in [0, 0.05) is 10.7 Å². The third kappa shape index (κ3) is 1.67. The molecule has 0 saturated carbocycles. The average Bonchev–Trinajstić information content (AvgIpc) is 2.57. The van der Waals surface area contributed by atoms with E-state index >= 15 is 0 Å². The molecular weight excluding hydrogens is 298 g/mol. The summed E-state index contributed by atoms with van der Waals surface area (Å²) in [4.78, 5) is 15.4. The van der Waals surface area contributed by atoms with Gasteiger partial charge in [0.25, 0.3) is 15.6 Å². The highest BCUT2D eigenvalue weighted by molar-refractivity contribution is 9.10. The van der Waals surface area contributed by atoms with Crippen molar-refractivity contribution in [3.63, 3.8) is 0 Å². The summed E-state index contributed by atoms with van der Waals surface area (Å²) < 4.78 is 24.7. The van der Waals surface area contributed by atoms with Gasteiger partial charge >= 0.3 is 0 Å². The molecule has 0 spiro atoms. The first-order valence-corrected chi connectivity index (χ1v) is 6.85. The molecule has 0 fully saturated rings. The molecule has 0 saturated heterocycles. The van der Waals surface area contributed by atoms with Gasteiger partial charge in [0.15, 0.2) is 5.65 Å². The van der Waals surface area contributed by atoms with Crippen molar-refractivity contribution >= 4 is 37.0 Å². The van der Waals surface area contributed by atoms with Gasteiger partial charge in [-0.15, -0.1) is 0 Å². The second-order valence-electron chi connectivity index (χ2n) is 3.13. The minimum absolute atomic E-state index is 0.107. The Morgan fingerprint density at radius 3 is 2.88 bits per heavy atom. The van der Waals surface area contributed by atoms with Gasteiger partial charge in [-0.1, -0.05) is 0 Å². The van der Waals surface area contributed by atoms with Crippen molar-refractivity contribution in [3.8, 4) is 0 Å². The van der Waals surface area contributed by atoms with E-state index in [4.69, 9.17) is 0 Å². The van der Waals surface area contributed by atoms with Gasteiger partial charge in [0.1, 0.15) is 0 Å². The van der Waals surface area contributed by atoms with E-state index in [1.165, 1.54) is 19.2 Å². The molecule has 2 aromatic rings. The highest BCUT2D eigenvalue weighted by atomic mass is 79.9.